The number of rotatable bonds is 7. The van der Waals surface area contributed by atoms with Crippen LogP contribution < -0.4 is 20.1 Å². The van der Waals surface area contributed by atoms with Gasteiger partial charge in [-0.3, -0.25) is 0 Å². The molecule has 1 fully saturated rings. The number of nitrogens with one attached hydrogen (secondary N) is 2. The average Bonchev–Trinajstić information content (AvgIpc) is 3.26. The molecule has 2 N–H and O–H groups in total. The van der Waals surface area contributed by atoms with E-state index in [-0.39, 0.29) is 6.10 Å². The van der Waals surface area contributed by atoms with Gasteiger partial charge in [-0.2, -0.15) is 4.98 Å². The third kappa shape index (κ3) is 3.94. The molecule has 28 heavy (non-hydrogen) atoms. The second kappa shape index (κ2) is 8.31. The van der Waals surface area contributed by atoms with Gasteiger partial charge in [0.05, 0.1) is 31.5 Å². The minimum Gasteiger partial charge on any atom is -0.497 e. The molecule has 2 heterocycles. The zero-order chi connectivity index (χ0) is 19.3. The molecule has 1 atom stereocenters. The van der Waals surface area contributed by atoms with E-state index in [2.05, 4.69) is 15.6 Å². The third-order valence-electron chi connectivity index (χ3n) is 4.78. The highest BCUT2D eigenvalue weighted by atomic mass is 16.5. The van der Waals surface area contributed by atoms with E-state index in [9.17, 15) is 0 Å². The van der Waals surface area contributed by atoms with Gasteiger partial charge in [0.25, 0.3) is 0 Å². The van der Waals surface area contributed by atoms with Gasteiger partial charge in [-0.05, 0) is 37.1 Å². The minimum atomic E-state index is 0.229. The quantitative estimate of drug-likeness (QED) is 0.642. The molecule has 0 spiro atoms. The van der Waals surface area contributed by atoms with Crippen molar-refractivity contribution in [2.45, 2.75) is 18.9 Å². The molecule has 0 radical (unpaired) electrons. The van der Waals surface area contributed by atoms with Crippen LogP contribution >= 0.6 is 0 Å². The maximum absolute atomic E-state index is 5.71. The van der Waals surface area contributed by atoms with Gasteiger partial charge in [-0.15, -0.1) is 0 Å². The van der Waals surface area contributed by atoms with E-state index in [1.54, 1.807) is 14.2 Å². The Morgan fingerprint density at radius 3 is 2.79 bits per heavy atom. The minimum absolute atomic E-state index is 0.229. The summed E-state index contributed by atoms with van der Waals surface area (Å²) in [7, 11) is 3.25. The fourth-order valence-corrected chi connectivity index (χ4v) is 3.31. The average molecular weight is 380 g/mol. The number of methoxy groups -OCH3 is 2. The third-order valence-corrected chi connectivity index (χ3v) is 4.78. The Balaban J connectivity index is 1.63. The van der Waals surface area contributed by atoms with Crippen LogP contribution in [-0.4, -0.2) is 43.4 Å². The largest absolute Gasteiger partial charge is 0.497 e. The lowest BCUT2D eigenvalue weighted by molar-refractivity contribution is 0.120. The highest BCUT2D eigenvalue weighted by molar-refractivity contribution is 5.90. The summed E-state index contributed by atoms with van der Waals surface area (Å²) in [5.74, 6) is 2.67. The summed E-state index contributed by atoms with van der Waals surface area (Å²) in [6, 6.07) is 13.5. The van der Waals surface area contributed by atoms with Gasteiger partial charge in [0.2, 0.25) is 5.95 Å². The number of ether oxygens (including phenoxy) is 3. The summed E-state index contributed by atoms with van der Waals surface area (Å²) in [4.78, 5) is 9.35. The molecule has 0 unspecified atom stereocenters. The smallest absolute Gasteiger partial charge is 0.229 e. The normalized spacial score (nSPS) is 16.1. The molecule has 4 rings (SSSR count). The van der Waals surface area contributed by atoms with E-state index in [0.29, 0.717) is 11.7 Å². The highest BCUT2D eigenvalue weighted by Gasteiger charge is 2.16. The fraction of sp³-hybridized carbons (Fsp3) is 0.333. The van der Waals surface area contributed by atoms with E-state index in [4.69, 9.17) is 19.2 Å². The first-order valence-corrected chi connectivity index (χ1v) is 9.38. The number of anilines is 3. The van der Waals surface area contributed by atoms with Crippen LogP contribution in [0.3, 0.4) is 0 Å². The fourth-order valence-electron chi connectivity index (χ4n) is 3.31. The number of para-hydroxylation sites is 1. The van der Waals surface area contributed by atoms with Crippen LogP contribution in [0.15, 0.2) is 42.5 Å². The summed E-state index contributed by atoms with van der Waals surface area (Å²) < 4.78 is 16.4. The predicted octanol–water partition coefficient (Wildman–Crippen LogP) is 3.98. The van der Waals surface area contributed by atoms with Crippen LogP contribution in [0.4, 0.5) is 17.5 Å². The molecule has 3 aromatic rings. The SMILES string of the molecule is COc1ccc(Nc2nc(NC[C@@H]3CCCO3)c3ccccc3n2)c(OC)c1. The Hall–Kier alpha value is -3.06. The van der Waals surface area contributed by atoms with Crippen molar-refractivity contribution >= 4 is 28.4 Å². The molecule has 1 aliphatic heterocycles. The first kappa shape index (κ1) is 18.3. The number of hydrogen-bond donors (Lipinski definition) is 2. The van der Waals surface area contributed by atoms with Crippen LogP contribution in [-0.2, 0) is 4.74 Å². The van der Waals surface area contributed by atoms with Crippen molar-refractivity contribution in [1.82, 2.24) is 9.97 Å². The van der Waals surface area contributed by atoms with Gasteiger partial charge in [0.15, 0.2) is 0 Å². The van der Waals surface area contributed by atoms with Crippen LogP contribution in [0.2, 0.25) is 0 Å². The second-order valence-electron chi connectivity index (χ2n) is 6.62. The van der Waals surface area contributed by atoms with E-state index < -0.39 is 0 Å². The summed E-state index contributed by atoms with van der Waals surface area (Å²) >= 11 is 0. The molecule has 0 aliphatic carbocycles. The molecule has 146 valence electrons. The topological polar surface area (TPSA) is 77.5 Å². The van der Waals surface area contributed by atoms with Crippen LogP contribution in [0.1, 0.15) is 12.8 Å². The van der Waals surface area contributed by atoms with Gasteiger partial charge < -0.3 is 24.8 Å². The standard InChI is InChI=1S/C21H24N4O3/c1-26-14-9-10-18(19(12-14)27-2)24-21-23-17-8-4-3-7-16(17)20(25-21)22-13-15-6-5-11-28-15/h3-4,7-10,12,15H,5-6,11,13H2,1-2H3,(H2,22,23,24,25)/t15-/m0/s1. The van der Waals surface area contributed by atoms with Gasteiger partial charge >= 0.3 is 0 Å². The van der Waals surface area contributed by atoms with Gasteiger partial charge in [0, 0.05) is 24.6 Å². The van der Waals surface area contributed by atoms with Crippen molar-refractivity contribution in [3.63, 3.8) is 0 Å². The first-order chi connectivity index (χ1) is 13.8. The molecular weight excluding hydrogens is 356 g/mol. The lowest BCUT2D eigenvalue weighted by Crippen LogP contribution is -2.19. The maximum atomic E-state index is 5.71. The number of hydrogen-bond acceptors (Lipinski definition) is 7. The van der Waals surface area contributed by atoms with E-state index in [0.717, 1.165) is 54.2 Å². The zero-order valence-electron chi connectivity index (χ0n) is 16.1. The molecule has 0 bridgehead atoms. The summed E-state index contributed by atoms with van der Waals surface area (Å²) in [5.41, 5.74) is 1.63. The van der Waals surface area contributed by atoms with Crippen LogP contribution in [0, 0.1) is 0 Å². The Morgan fingerprint density at radius 1 is 1.11 bits per heavy atom. The number of fused-ring (bicyclic) bond motifs is 1. The predicted molar refractivity (Wildman–Crippen MR) is 110 cm³/mol. The monoisotopic (exact) mass is 380 g/mol. The first-order valence-electron chi connectivity index (χ1n) is 9.38. The van der Waals surface area contributed by atoms with Crippen molar-refractivity contribution in [2.24, 2.45) is 0 Å². The van der Waals surface area contributed by atoms with E-state index >= 15 is 0 Å². The van der Waals surface area contributed by atoms with Crippen LogP contribution in [0.5, 0.6) is 11.5 Å². The Kier molecular flexibility index (Phi) is 5.43. The number of aromatic nitrogens is 2. The molecule has 0 saturated carbocycles. The summed E-state index contributed by atoms with van der Waals surface area (Å²) in [5, 5.41) is 7.68. The van der Waals surface area contributed by atoms with Gasteiger partial charge in [-0.25, -0.2) is 4.98 Å². The molecule has 1 aromatic heterocycles. The van der Waals surface area contributed by atoms with Crippen molar-refractivity contribution in [3.05, 3.63) is 42.5 Å². The van der Waals surface area contributed by atoms with Gasteiger partial charge in [-0.1, -0.05) is 12.1 Å². The highest BCUT2D eigenvalue weighted by Crippen LogP contribution is 2.32. The van der Waals surface area contributed by atoms with Crippen molar-refractivity contribution in [2.75, 3.05) is 38.0 Å². The molecule has 1 saturated heterocycles. The molecule has 7 heteroatoms. The Morgan fingerprint density at radius 2 is 2.00 bits per heavy atom. The Bertz CT molecular complexity index is 958. The lowest BCUT2D eigenvalue weighted by Gasteiger charge is -2.15. The second-order valence-corrected chi connectivity index (χ2v) is 6.62. The van der Waals surface area contributed by atoms with Gasteiger partial charge in [0.1, 0.15) is 17.3 Å². The molecule has 0 amide bonds. The Labute approximate surface area is 164 Å². The van der Waals surface area contributed by atoms with Crippen LogP contribution in [0.25, 0.3) is 10.9 Å². The van der Waals surface area contributed by atoms with Crippen molar-refractivity contribution in [3.8, 4) is 11.5 Å². The summed E-state index contributed by atoms with van der Waals surface area (Å²) in [6.07, 6.45) is 2.41. The van der Waals surface area contributed by atoms with E-state index in [1.807, 2.05) is 42.5 Å². The van der Waals surface area contributed by atoms with E-state index in [1.165, 1.54) is 0 Å². The lowest BCUT2D eigenvalue weighted by atomic mass is 10.2. The molecule has 1 aliphatic rings. The maximum Gasteiger partial charge on any atom is 0.229 e. The van der Waals surface area contributed by atoms with Crippen molar-refractivity contribution in [1.29, 1.82) is 0 Å². The molecular formula is C21H24N4O3. The number of benzene rings is 2. The molecule has 2 aromatic carbocycles. The molecule has 7 nitrogen and oxygen atoms in total. The zero-order valence-corrected chi connectivity index (χ0v) is 16.1. The number of nitrogens with zero attached hydrogens (tertiary/aromatic N) is 2. The van der Waals surface area contributed by atoms with Crippen molar-refractivity contribution < 1.29 is 14.2 Å². The summed E-state index contributed by atoms with van der Waals surface area (Å²) in [6.45, 7) is 1.56.